The first-order valence-corrected chi connectivity index (χ1v) is 7.89. The maximum atomic E-state index is 9.57. The number of nitriles is 1. The van der Waals surface area contributed by atoms with Crippen LogP contribution >= 0.6 is 15.9 Å². The molecule has 1 nitrogen and oxygen atoms in total. The summed E-state index contributed by atoms with van der Waals surface area (Å²) in [5, 5.41) is 9.57. The lowest BCUT2D eigenvalue weighted by Crippen LogP contribution is -1.94. The highest BCUT2D eigenvalue weighted by Gasteiger charge is 2.12. The lowest BCUT2D eigenvalue weighted by molar-refractivity contribution is 1.17. The third-order valence-electron chi connectivity index (χ3n) is 3.66. The van der Waals surface area contributed by atoms with Gasteiger partial charge in [0.15, 0.2) is 0 Å². The number of halogens is 1. The summed E-state index contributed by atoms with van der Waals surface area (Å²) in [6.45, 7) is 0. The molecule has 0 aliphatic rings. The van der Waals surface area contributed by atoms with E-state index >= 15 is 0 Å². The third-order valence-corrected chi connectivity index (χ3v) is 4.56. The minimum Gasteiger partial charge on any atom is -0.192 e. The minimum absolute atomic E-state index is 0.694. The van der Waals surface area contributed by atoms with E-state index in [0.29, 0.717) is 5.56 Å². The van der Waals surface area contributed by atoms with E-state index in [1.165, 1.54) is 5.56 Å². The second-order valence-electron chi connectivity index (χ2n) is 5.10. The molecule has 0 saturated heterocycles. The van der Waals surface area contributed by atoms with Gasteiger partial charge in [-0.05, 0) is 39.0 Å². The highest BCUT2D eigenvalue weighted by atomic mass is 79.9. The van der Waals surface area contributed by atoms with Gasteiger partial charge in [-0.1, -0.05) is 72.8 Å². The van der Waals surface area contributed by atoms with Crippen LogP contribution in [-0.4, -0.2) is 0 Å². The van der Waals surface area contributed by atoms with Crippen molar-refractivity contribution >= 4 is 15.9 Å². The molecule has 22 heavy (non-hydrogen) atoms. The summed E-state index contributed by atoms with van der Waals surface area (Å²) >= 11 is 3.62. The molecule has 3 rings (SSSR count). The fraction of sp³-hybridized carbons (Fsp3) is 0.0500. The maximum Gasteiger partial charge on any atom is 0.101 e. The molecule has 0 fully saturated rings. The average molecular weight is 348 g/mol. The van der Waals surface area contributed by atoms with E-state index in [4.69, 9.17) is 0 Å². The summed E-state index contributed by atoms with van der Waals surface area (Å²) in [7, 11) is 0. The zero-order chi connectivity index (χ0) is 15.4. The van der Waals surface area contributed by atoms with E-state index in [2.05, 4.69) is 40.2 Å². The fourth-order valence-corrected chi connectivity index (χ4v) is 3.11. The number of nitrogens with zero attached hydrogens (tertiary/aromatic N) is 1. The van der Waals surface area contributed by atoms with E-state index in [0.717, 1.165) is 27.6 Å². The molecule has 0 bridgehead atoms. The second kappa shape index (κ2) is 6.60. The number of rotatable bonds is 3. The Hall–Kier alpha value is -2.37. The fourth-order valence-electron chi connectivity index (χ4n) is 2.54. The van der Waals surface area contributed by atoms with Crippen LogP contribution in [0, 0.1) is 11.3 Å². The van der Waals surface area contributed by atoms with Crippen LogP contribution in [0.2, 0.25) is 0 Å². The molecule has 0 spiro atoms. The van der Waals surface area contributed by atoms with Gasteiger partial charge in [0.2, 0.25) is 0 Å². The molecule has 0 aliphatic heterocycles. The summed E-state index contributed by atoms with van der Waals surface area (Å²) in [6.07, 6.45) is 0.811. The van der Waals surface area contributed by atoms with E-state index in [9.17, 15) is 5.26 Å². The summed E-state index contributed by atoms with van der Waals surface area (Å²) in [5.41, 5.74) is 5.08. The molecular formula is C20H14BrN. The largest absolute Gasteiger partial charge is 0.192 e. The van der Waals surface area contributed by atoms with Crippen LogP contribution in [0.15, 0.2) is 77.3 Å². The molecule has 2 heteroatoms. The van der Waals surface area contributed by atoms with Crippen LogP contribution in [0.5, 0.6) is 0 Å². The zero-order valence-corrected chi connectivity index (χ0v) is 13.5. The molecule has 0 unspecified atom stereocenters. The minimum atomic E-state index is 0.694. The predicted octanol–water partition coefficient (Wildman–Crippen LogP) is 5.58. The van der Waals surface area contributed by atoms with E-state index in [1.807, 2.05) is 54.6 Å². The lowest BCUT2D eigenvalue weighted by Gasteiger charge is -2.11. The Morgan fingerprint density at radius 3 is 2.09 bits per heavy atom. The first kappa shape index (κ1) is 14.6. The van der Waals surface area contributed by atoms with Crippen LogP contribution in [-0.2, 0) is 6.42 Å². The van der Waals surface area contributed by atoms with Crippen molar-refractivity contribution in [1.29, 1.82) is 5.26 Å². The number of benzene rings is 3. The lowest BCUT2D eigenvalue weighted by atomic mass is 9.96. The first-order valence-electron chi connectivity index (χ1n) is 7.10. The van der Waals surface area contributed by atoms with Gasteiger partial charge in [-0.25, -0.2) is 0 Å². The zero-order valence-electron chi connectivity index (χ0n) is 12.0. The number of hydrogen-bond donors (Lipinski definition) is 0. The monoisotopic (exact) mass is 347 g/mol. The van der Waals surface area contributed by atoms with Gasteiger partial charge in [-0.2, -0.15) is 5.26 Å². The van der Waals surface area contributed by atoms with Crippen molar-refractivity contribution in [3.8, 4) is 17.2 Å². The topological polar surface area (TPSA) is 23.8 Å². The maximum absolute atomic E-state index is 9.57. The first-order chi connectivity index (χ1) is 10.8. The molecule has 0 saturated carbocycles. The van der Waals surface area contributed by atoms with Gasteiger partial charge in [-0.15, -0.1) is 0 Å². The molecule has 0 atom stereocenters. The van der Waals surface area contributed by atoms with E-state index in [-0.39, 0.29) is 0 Å². The molecule has 0 aliphatic carbocycles. The molecule has 106 valence electrons. The molecule has 0 heterocycles. The van der Waals surface area contributed by atoms with Crippen LogP contribution in [0.3, 0.4) is 0 Å². The van der Waals surface area contributed by atoms with E-state index in [1.54, 1.807) is 0 Å². The van der Waals surface area contributed by atoms with Crippen LogP contribution in [0.25, 0.3) is 11.1 Å². The Labute approximate surface area is 139 Å². The van der Waals surface area contributed by atoms with Gasteiger partial charge >= 0.3 is 0 Å². The molecule has 0 N–H and O–H groups in total. The van der Waals surface area contributed by atoms with Crippen molar-refractivity contribution in [2.24, 2.45) is 0 Å². The normalized spacial score (nSPS) is 10.2. The van der Waals surface area contributed by atoms with Crippen molar-refractivity contribution < 1.29 is 0 Å². The molecule has 3 aromatic rings. The molecule has 3 aromatic carbocycles. The Kier molecular flexibility index (Phi) is 4.37. The van der Waals surface area contributed by atoms with Crippen molar-refractivity contribution in [3.63, 3.8) is 0 Å². The predicted molar refractivity (Wildman–Crippen MR) is 93.5 cm³/mol. The Morgan fingerprint density at radius 2 is 1.45 bits per heavy atom. The van der Waals surface area contributed by atoms with Crippen LogP contribution < -0.4 is 0 Å². The summed E-state index contributed by atoms with van der Waals surface area (Å²) in [5.74, 6) is 0. The van der Waals surface area contributed by atoms with Crippen LogP contribution in [0.1, 0.15) is 16.7 Å². The van der Waals surface area contributed by atoms with Gasteiger partial charge in [-0.3, -0.25) is 0 Å². The van der Waals surface area contributed by atoms with Gasteiger partial charge in [0.25, 0.3) is 0 Å². The Morgan fingerprint density at radius 1 is 0.818 bits per heavy atom. The van der Waals surface area contributed by atoms with Gasteiger partial charge in [0.1, 0.15) is 6.07 Å². The van der Waals surface area contributed by atoms with Crippen molar-refractivity contribution in [2.45, 2.75) is 6.42 Å². The van der Waals surface area contributed by atoms with Crippen molar-refractivity contribution in [1.82, 2.24) is 0 Å². The summed E-state index contributed by atoms with van der Waals surface area (Å²) < 4.78 is 0.889. The molecule has 0 radical (unpaired) electrons. The molecule has 0 aromatic heterocycles. The quantitative estimate of drug-likeness (QED) is 0.606. The SMILES string of the molecule is N#Cc1c(-c2ccccc2)ccc(Cc2ccccc2)c1Br. The van der Waals surface area contributed by atoms with Gasteiger partial charge in [0, 0.05) is 10.0 Å². The molecule has 0 amide bonds. The van der Waals surface area contributed by atoms with Crippen molar-refractivity contribution in [3.05, 3.63) is 94.0 Å². The Bertz CT molecular complexity index is 818. The smallest absolute Gasteiger partial charge is 0.101 e. The highest BCUT2D eigenvalue weighted by Crippen LogP contribution is 2.32. The highest BCUT2D eigenvalue weighted by molar-refractivity contribution is 9.10. The second-order valence-corrected chi connectivity index (χ2v) is 5.89. The standard InChI is InChI=1S/C20H14BrN/c21-20-17(13-15-7-3-1-4-8-15)11-12-18(19(20)14-22)16-9-5-2-6-10-16/h1-12H,13H2. The van der Waals surface area contributed by atoms with E-state index < -0.39 is 0 Å². The average Bonchev–Trinajstić information content (AvgIpc) is 2.58. The van der Waals surface area contributed by atoms with Gasteiger partial charge < -0.3 is 0 Å². The summed E-state index contributed by atoms with van der Waals surface area (Å²) in [4.78, 5) is 0. The van der Waals surface area contributed by atoms with Crippen LogP contribution in [0.4, 0.5) is 0 Å². The van der Waals surface area contributed by atoms with Crippen molar-refractivity contribution in [2.75, 3.05) is 0 Å². The Balaban J connectivity index is 2.04. The van der Waals surface area contributed by atoms with Gasteiger partial charge in [0.05, 0.1) is 5.56 Å². The molecular weight excluding hydrogens is 334 g/mol. The number of hydrogen-bond acceptors (Lipinski definition) is 1. The summed E-state index contributed by atoms with van der Waals surface area (Å²) in [6, 6.07) is 26.8. The third kappa shape index (κ3) is 2.95.